The van der Waals surface area contributed by atoms with Crippen LogP contribution in [-0.2, 0) is 5.92 Å². The molecular weight excluding hydrogens is 582 g/mol. The Morgan fingerprint density at radius 3 is 1.91 bits per heavy atom. The summed E-state index contributed by atoms with van der Waals surface area (Å²) in [5, 5.41) is 4.34. The third-order valence-corrected chi connectivity index (χ3v) is 9.21. The summed E-state index contributed by atoms with van der Waals surface area (Å²) >= 11 is 0. The normalized spacial score (nSPS) is 13.1. The first kappa shape index (κ1) is 27.3. The Morgan fingerprint density at radius 2 is 1.02 bits per heavy atom. The summed E-state index contributed by atoms with van der Waals surface area (Å²) in [6.45, 7) is 0. The van der Waals surface area contributed by atoms with Gasteiger partial charge in [-0.1, -0.05) is 133 Å². The van der Waals surface area contributed by atoms with Gasteiger partial charge in [0.15, 0.2) is 5.82 Å². The number of rotatable bonds is 4. The van der Waals surface area contributed by atoms with Crippen molar-refractivity contribution in [2.75, 3.05) is 0 Å². The molecule has 4 heteroatoms. The molecule has 8 aromatic rings. The molecule has 2 nitrogen and oxygen atoms in total. The number of hydrogen-bond acceptors (Lipinski definition) is 2. The van der Waals surface area contributed by atoms with E-state index in [9.17, 15) is 0 Å². The molecule has 0 amide bonds. The highest BCUT2D eigenvalue weighted by molar-refractivity contribution is 5.97. The summed E-state index contributed by atoms with van der Waals surface area (Å²) < 4.78 is 31.0. The summed E-state index contributed by atoms with van der Waals surface area (Å²) in [4.78, 5) is 10.1. The average Bonchev–Trinajstić information content (AvgIpc) is 3.36. The quantitative estimate of drug-likeness (QED) is 0.199. The highest BCUT2D eigenvalue weighted by Gasteiger charge is 2.44. The van der Waals surface area contributed by atoms with E-state index in [2.05, 4.69) is 60.7 Å². The zero-order valence-corrected chi connectivity index (χ0v) is 25.2. The lowest BCUT2D eigenvalue weighted by atomic mass is 9.95. The van der Waals surface area contributed by atoms with Gasteiger partial charge < -0.3 is 0 Å². The van der Waals surface area contributed by atoms with Crippen molar-refractivity contribution >= 4 is 21.5 Å². The van der Waals surface area contributed by atoms with E-state index in [-0.39, 0.29) is 11.1 Å². The third kappa shape index (κ3) is 4.52. The number of hydrogen-bond donors (Lipinski definition) is 0. The molecule has 1 aliphatic rings. The minimum absolute atomic E-state index is 0.0560. The Bertz CT molecular complexity index is 2500. The highest BCUT2D eigenvalue weighted by atomic mass is 19.3. The van der Waals surface area contributed by atoms with Gasteiger partial charge in [0, 0.05) is 27.8 Å². The predicted molar refractivity (Wildman–Crippen MR) is 187 cm³/mol. The van der Waals surface area contributed by atoms with Crippen molar-refractivity contribution in [3.63, 3.8) is 0 Å². The fraction of sp³-hybridized carbons (Fsp3) is 0.0233. The lowest BCUT2D eigenvalue weighted by molar-refractivity contribution is 0.0480. The lowest BCUT2D eigenvalue weighted by Gasteiger charge is -2.14. The van der Waals surface area contributed by atoms with Crippen LogP contribution in [0.1, 0.15) is 11.1 Å². The van der Waals surface area contributed by atoms with Gasteiger partial charge in [-0.15, -0.1) is 0 Å². The van der Waals surface area contributed by atoms with Gasteiger partial charge in [-0.05, 0) is 68.1 Å². The van der Waals surface area contributed by atoms with Crippen molar-refractivity contribution in [3.8, 4) is 56.2 Å². The van der Waals surface area contributed by atoms with Crippen LogP contribution in [0.15, 0.2) is 158 Å². The second-order valence-electron chi connectivity index (χ2n) is 12.0. The van der Waals surface area contributed by atoms with Crippen LogP contribution < -0.4 is 0 Å². The molecule has 1 heterocycles. The minimum atomic E-state index is -3.03. The number of alkyl halides is 2. The molecule has 222 valence electrons. The fourth-order valence-electron chi connectivity index (χ4n) is 6.84. The maximum Gasteiger partial charge on any atom is 0.299 e. The van der Waals surface area contributed by atoms with Crippen molar-refractivity contribution in [2.24, 2.45) is 0 Å². The van der Waals surface area contributed by atoms with Crippen molar-refractivity contribution in [2.45, 2.75) is 5.92 Å². The Hall–Kier alpha value is -6.00. The van der Waals surface area contributed by atoms with Gasteiger partial charge in [-0.3, -0.25) is 0 Å². The predicted octanol–water partition coefficient (Wildman–Crippen LogP) is 11.6. The summed E-state index contributed by atoms with van der Waals surface area (Å²) in [6, 6.07) is 51.3. The second kappa shape index (κ2) is 10.5. The molecule has 7 aromatic carbocycles. The molecule has 47 heavy (non-hydrogen) atoms. The molecule has 0 saturated carbocycles. The summed E-state index contributed by atoms with van der Waals surface area (Å²) in [6.07, 6.45) is 0. The van der Waals surface area contributed by atoms with Gasteiger partial charge in [0.2, 0.25) is 0 Å². The molecule has 0 saturated heterocycles. The SMILES string of the molecule is FC1(F)c2ccccc2-c2ccc(-c3ccc4ccc(-c5cc(-c6cccc7ccccc67)nc(-c6ccccc6)n5)cc4c3)cc21. The topological polar surface area (TPSA) is 25.8 Å². The van der Waals surface area contributed by atoms with Crippen LogP contribution in [-0.4, -0.2) is 9.97 Å². The van der Waals surface area contributed by atoms with Crippen LogP contribution in [0.5, 0.6) is 0 Å². The molecule has 0 radical (unpaired) electrons. The van der Waals surface area contributed by atoms with E-state index in [0.29, 0.717) is 17.0 Å². The van der Waals surface area contributed by atoms with Gasteiger partial charge in [0.05, 0.1) is 11.4 Å². The first-order valence-corrected chi connectivity index (χ1v) is 15.6. The van der Waals surface area contributed by atoms with Gasteiger partial charge >= 0.3 is 0 Å². The molecule has 0 aliphatic heterocycles. The van der Waals surface area contributed by atoms with Crippen molar-refractivity contribution in [1.29, 1.82) is 0 Å². The van der Waals surface area contributed by atoms with E-state index in [1.165, 1.54) is 6.07 Å². The average molecular weight is 609 g/mol. The smallest absolute Gasteiger partial charge is 0.228 e. The zero-order chi connectivity index (χ0) is 31.5. The summed E-state index contributed by atoms with van der Waals surface area (Å²) in [5.74, 6) is -2.38. The van der Waals surface area contributed by atoms with E-state index in [0.717, 1.165) is 60.8 Å². The lowest BCUT2D eigenvalue weighted by Crippen LogP contribution is -2.10. The number of nitrogens with zero attached hydrogens (tertiary/aromatic N) is 2. The maximum atomic E-state index is 15.5. The molecule has 0 unspecified atom stereocenters. The van der Waals surface area contributed by atoms with Crippen LogP contribution >= 0.6 is 0 Å². The van der Waals surface area contributed by atoms with E-state index in [4.69, 9.17) is 9.97 Å². The molecule has 1 aromatic heterocycles. The van der Waals surface area contributed by atoms with Gasteiger partial charge in [-0.25, -0.2) is 9.97 Å². The van der Waals surface area contributed by atoms with E-state index >= 15 is 8.78 Å². The molecule has 0 atom stereocenters. The standard InChI is InChI=1S/C43H26F2N2/c44-43(45)38-16-7-6-14-35(38)36-22-21-31(25-39(36)43)30-19-17-27-18-20-32(24-33(27)23-30)40-26-41(47-42(46-40)29-10-2-1-3-11-29)37-15-8-12-28-9-4-5-13-34(28)37/h1-26H. The Labute approximate surface area is 270 Å². The van der Waals surface area contributed by atoms with Crippen molar-refractivity contribution in [1.82, 2.24) is 9.97 Å². The Kier molecular flexibility index (Phi) is 6.12. The fourth-order valence-corrected chi connectivity index (χ4v) is 6.84. The van der Waals surface area contributed by atoms with Gasteiger partial charge in [0.1, 0.15) is 0 Å². The molecule has 1 aliphatic carbocycles. The number of halogens is 2. The number of fused-ring (bicyclic) bond motifs is 5. The van der Waals surface area contributed by atoms with Crippen molar-refractivity contribution in [3.05, 3.63) is 169 Å². The summed E-state index contributed by atoms with van der Waals surface area (Å²) in [7, 11) is 0. The largest absolute Gasteiger partial charge is 0.299 e. The molecular formula is C43H26F2N2. The Balaban J connectivity index is 1.17. The van der Waals surface area contributed by atoms with Crippen LogP contribution in [0.4, 0.5) is 8.78 Å². The van der Waals surface area contributed by atoms with Gasteiger partial charge in [0.25, 0.3) is 5.92 Å². The zero-order valence-electron chi connectivity index (χ0n) is 25.2. The minimum Gasteiger partial charge on any atom is -0.228 e. The molecule has 0 bridgehead atoms. The van der Waals surface area contributed by atoms with E-state index in [1.54, 1.807) is 18.2 Å². The molecule has 0 N–H and O–H groups in total. The monoisotopic (exact) mass is 608 g/mol. The van der Waals surface area contributed by atoms with Crippen LogP contribution in [0.25, 0.3) is 77.7 Å². The van der Waals surface area contributed by atoms with E-state index in [1.807, 2.05) is 72.8 Å². The van der Waals surface area contributed by atoms with Crippen LogP contribution in [0, 0.1) is 0 Å². The first-order valence-electron chi connectivity index (χ1n) is 15.6. The first-order chi connectivity index (χ1) is 23.0. The van der Waals surface area contributed by atoms with Crippen LogP contribution in [0.2, 0.25) is 0 Å². The molecule has 0 fully saturated rings. The maximum absolute atomic E-state index is 15.5. The van der Waals surface area contributed by atoms with Crippen molar-refractivity contribution < 1.29 is 8.78 Å². The molecule has 9 rings (SSSR count). The number of benzene rings is 7. The summed E-state index contributed by atoms with van der Waals surface area (Å²) in [5.41, 5.74) is 7.55. The van der Waals surface area contributed by atoms with Crippen LogP contribution in [0.3, 0.4) is 0 Å². The number of aromatic nitrogens is 2. The Morgan fingerprint density at radius 1 is 0.383 bits per heavy atom. The van der Waals surface area contributed by atoms with E-state index < -0.39 is 5.92 Å². The second-order valence-corrected chi connectivity index (χ2v) is 12.0. The highest BCUT2D eigenvalue weighted by Crippen LogP contribution is 2.51. The third-order valence-electron chi connectivity index (χ3n) is 9.21. The molecule has 0 spiro atoms. The van der Waals surface area contributed by atoms with Gasteiger partial charge in [-0.2, -0.15) is 8.78 Å².